The molecule has 130 valence electrons. The van der Waals surface area contributed by atoms with Crippen LogP contribution < -0.4 is 11.1 Å². The van der Waals surface area contributed by atoms with E-state index >= 15 is 0 Å². The lowest BCUT2D eigenvalue weighted by atomic mass is 9.96. The molecule has 2 rings (SSSR count). The minimum Gasteiger partial charge on any atom is -0.355 e. The first kappa shape index (κ1) is 19.8. The van der Waals surface area contributed by atoms with E-state index < -0.39 is 6.43 Å². The molecule has 23 heavy (non-hydrogen) atoms. The normalized spacial score (nSPS) is 18.5. The van der Waals surface area contributed by atoms with E-state index in [1.807, 2.05) is 0 Å². The van der Waals surface area contributed by atoms with Crippen molar-refractivity contribution in [2.24, 2.45) is 11.7 Å². The van der Waals surface area contributed by atoms with Gasteiger partial charge in [0, 0.05) is 31.7 Å². The summed E-state index contributed by atoms with van der Waals surface area (Å²) in [6.45, 7) is 3.26. The van der Waals surface area contributed by atoms with Crippen LogP contribution >= 0.6 is 12.4 Å². The highest BCUT2D eigenvalue weighted by molar-refractivity contribution is 5.85. The lowest BCUT2D eigenvalue weighted by Crippen LogP contribution is -2.43. The topological polar surface area (TPSA) is 58.4 Å². The first-order valence-electron chi connectivity index (χ1n) is 7.67. The molecule has 1 amide bonds. The lowest BCUT2D eigenvalue weighted by molar-refractivity contribution is -0.126. The van der Waals surface area contributed by atoms with Crippen molar-refractivity contribution in [1.82, 2.24) is 10.2 Å². The summed E-state index contributed by atoms with van der Waals surface area (Å²) in [5.41, 5.74) is 6.43. The molecule has 0 aromatic heterocycles. The molecule has 0 radical (unpaired) electrons. The zero-order valence-electron chi connectivity index (χ0n) is 13.0. The number of alkyl halides is 2. The van der Waals surface area contributed by atoms with Crippen molar-refractivity contribution >= 4 is 18.3 Å². The van der Waals surface area contributed by atoms with Crippen molar-refractivity contribution < 1.29 is 13.6 Å². The van der Waals surface area contributed by atoms with Crippen LogP contribution in [0.25, 0.3) is 0 Å². The van der Waals surface area contributed by atoms with Crippen molar-refractivity contribution in [3.8, 4) is 0 Å². The number of rotatable bonds is 6. The molecule has 1 aromatic carbocycles. The maximum absolute atomic E-state index is 12.5. The second-order valence-corrected chi connectivity index (χ2v) is 5.70. The van der Waals surface area contributed by atoms with Gasteiger partial charge in [-0.15, -0.1) is 12.4 Å². The smallest absolute Gasteiger partial charge is 0.263 e. The van der Waals surface area contributed by atoms with E-state index in [1.54, 1.807) is 12.1 Å². The van der Waals surface area contributed by atoms with Crippen molar-refractivity contribution in [2.75, 3.05) is 26.2 Å². The SMILES string of the molecule is Cl.NCCNC(=O)C1CCCN(Cc2ccc(C(F)F)cc2)C1. The molecule has 4 nitrogen and oxygen atoms in total. The van der Waals surface area contributed by atoms with Gasteiger partial charge in [-0.2, -0.15) is 0 Å². The van der Waals surface area contributed by atoms with Gasteiger partial charge in [-0.25, -0.2) is 8.78 Å². The minimum absolute atomic E-state index is 0. The second-order valence-electron chi connectivity index (χ2n) is 5.70. The van der Waals surface area contributed by atoms with Crippen molar-refractivity contribution in [2.45, 2.75) is 25.8 Å². The van der Waals surface area contributed by atoms with Gasteiger partial charge in [-0.05, 0) is 24.9 Å². The van der Waals surface area contributed by atoms with Gasteiger partial charge >= 0.3 is 0 Å². The Labute approximate surface area is 141 Å². The molecule has 0 spiro atoms. The maximum Gasteiger partial charge on any atom is 0.263 e. The van der Waals surface area contributed by atoms with Crippen LogP contribution in [0.3, 0.4) is 0 Å². The van der Waals surface area contributed by atoms with Crippen LogP contribution in [-0.4, -0.2) is 37.0 Å². The molecule has 7 heteroatoms. The molecule has 1 heterocycles. The van der Waals surface area contributed by atoms with E-state index in [2.05, 4.69) is 10.2 Å². The molecule has 1 saturated heterocycles. The number of benzene rings is 1. The zero-order valence-corrected chi connectivity index (χ0v) is 13.8. The van der Waals surface area contributed by atoms with Crippen molar-refractivity contribution in [3.05, 3.63) is 35.4 Å². The highest BCUT2D eigenvalue weighted by Crippen LogP contribution is 2.21. The number of nitrogens with two attached hydrogens (primary N) is 1. The molecule has 3 N–H and O–H groups in total. The third-order valence-corrected chi connectivity index (χ3v) is 3.96. The summed E-state index contributed by atoms with van der Waals surface area (Å²) in [6, 6.07) is 6.41. The number of halogens is 3. The number of hydrogen-bond donors (Lipinski definition) is 2. The lowest BCUT2D eigenvalue weighted by Gasteiger charge is -2.32. The first-order chi connectivity index (χ1) is 10.6. The summed E-state index contributed by atoms with van der Waals surface area (Å²) in [5, 5.41) is 2.83. The fraction of sp³-hybridized carbons (Fsp3) is 0.562. The first-order valence-corrected chi connectivity index (χ1v) is 7.67. The highest BCUT2D eigenvalue weighted by atomic mass is 35.5. The third kappa shape index (κ3) is 6.05. The fourth-order valence-corrected chi connectivity index (χ4v) is 2.78. The van der Waals surface area contributed by atoms with E-state index in [0.717, 1.165) is 24.9 Å². The minimum atomic E-state index is -2.43. The number of carbonyl (C=O) groups excluding carboxylic acids is 1. The number of nitrogens with zero attached hydrogens (tertiary/aromatic N) is 1. The molecular formula is C16H24ClF2N3O. The number of likely N-dealkylation sites (tertiary alicyclic amines) is 1. The molecule has 1 unspecified atom stereocenters. The molecule has 0 bridgehead atoms. The van der Waals surface area contributed by atoms with Crippen molar-refractivity contribution in [1.29, 1.82) is 0 Å². The molecule has 0 aliphatic carbocycles. The van der Waals surface area contributed by atoms with Crippen LogP contribution in [0.5, 0.6) is 0 Å². The van der Waals surface area contributed by atoms with Crippen LogP contribution in [0.15, 0.2) is 24.3 Å². The van der Waals surface area contributed by atoms with Crippen LogP contribution in [0, 0.1) is 5.92 Å². The average molecular weight is 348 g/mol. The van der Waals surface area contributed by atoms with Gasteiger partial charge < -0.3 is 11.1 Å². The fourth-order valence-electron chi connectivity index (χ4n) is 2.78. The second kappa shape index (κ2) is 9.80. The Bertz CT molecular complexity index is 485. The van der Waals surface area contributed by atoms with E-state index in [-0.39, 0.29) is 29.8 Å². The van der Waals surface area contributed by atoms with E-state index in [9.17, 15) is 13.6 Å². The van der Waals surface area contributed by atoms with Gasteiger partial charge in [0.15, 0.2) is 0 Å². The molecule has 1 aliphatic rings. The van der Waals surface area contributed by atoms with E-state index in [1.165, 1.54) is 12.1 Å². The van der Waals surface area contributed by atoms with Gasteiger partial charge in [-0.1, -0.05) is 24.3 Å². The monoisotopic (exact) mass is 347 g/mol. The summed E-state index contributed by atoms with van der Waals surface area (Å²) in [5.74, 6) is 0.0452. The van der Waals surface area contributed by atoms with Crippen LogP contribution in [0.2, 0.25) is 0 Å². The Hall–Kier alpha value is -1.24. The number of hydrogen-bond acceptors (Lipinski definition) is 3. The van der Waals surface area contributed by atoms with Gasteiger partial charge in [-0.3, -0.25) is 9.69 Å². The Morgan fingerprint density at radius 1 is 1.35 bits per heavy atom. The molecule has 0 saturated carbocycles. The van der Waals surface area contributed by atoms with Crippen molar-refractivity contribution in [3.63, 3.8) is 0 Å². The molecule has 1 aromatic rings. The van der Waals surface area contributed by atoms with Crippen LogP contribution in [0.1, 0.15) is 30.4 Å². The highest BCUT2D eigenvalue weighted by Gasteiger charge is 2.25. The van der Waals surface area contributed by atoms with Crippen LogP contribution in [0.4, 0.5) is 8.78 Å². The number of nitrogens with one attached hydrogen (secondary N) is 1. The summed E-state index contributed by atoms with van der Waals surface area (Å²) in [7, 11) is 0. The Kier molecular flexibility index (Phi) is 8.44. The van der Waals surface area contributed by atoms with Gasteiger partial charge in [0.25, 0.3) is 6.43 Å². The third-order valence-electron chi connectivity index (χ3n) is 3.96. The Morgan fingerprint density at radius 2 is 2.04 bits per heavy atom. The molecule has 1 aliphatic heterocycles. The quantitative estimate of drug-likeness (QED) is 0.830. The Morgan fingerprint density at radius 3 is 2.65 bits per heavy atom. The van der Waals surface area contributed by atoms with Gasteiger partial charge in [0.1, 0.15) is 0 Å². The summed E-state index contributed by atoms with van der Waals surface area (Å²) >= 11 is 0. The number of carbonyl (C=O) groups is 1. The standard InChI is InChI=1S/C16H23F2N3O.ClH/c17-15(18)13-5-3-12(4-6-13)10-21-9-1-2-14(11-21)16(22)20-8-7-19;/h3-6,14-15H,1-2,7-11,19H2,(H,20,22);1H. The molecule has 1 fully saturated rings. The maximum atomic E-state index is 12.5. The predicted octanol–water partition coefficient (Wildman–Crippen LogP) is 2.33. The van der Waals surface area contributed by atoms with Crippen LogP contribution in [-0.2, 0) is 11.3 Å². The molecule has 1 atom stereocenters. The van der Waals surface area contributed by atoms with Gasteiger partial charge in [0.2, 0.25) is 5.91 Å². The molecular weight excluding hydrogens is 324 g/mol. The Balaban J connectivity index is 0.00000264. The van der Waals surface area contributed by atoms with E-state index in [4.69, 9.17) is 5.73 Å². The predicted molar refractivity (Wildman–Crippen MR) is 88.7 cm³/mol. The number of piperidine rings is 1. The summed E-state index contributed by atoms with van der Waals surface area (Å²) < 4.78 is 25.1. The summed E-state index contributed by atoms with van der Waals surface area (Å²) in [4.78, 5) is 14.2. The largest absolute Gasteiger partial charge is 0.355 e. The number of amides is 1. The van der Waals surface area contributed by atoms with E-state index in [0.29, 0.717) is 26.2 Å². The summed E-state index contributed by atoms with van der Waals surface area (Å²) in [6.07, 6.45) is -0.577. The average Bonchev–Trinajstić information content (AvgIpc) is 2.53. The zero-order chi connectivity index (χ0) is 15.9. The van der Waals surface area contributed by atoms with Gasteiger partial charge in [0.05, 0.1) is 5.92 Å².